The highest BCUT2D eigenvalue weighted by molar-refractivity contribution is 5.73. The topological polar surface area (TPSA) is 48.5 Å². The molecule has 0 aliphatic carbocycles. The van der Waals surface area contributed by atoms with Gasteiger partial charge in [-0.25, -0.2) is 4.98 Å². The van der Waals surface area contributed by atoms with Crippen molar-refractivity contribution >= 4 is 11.7 Å². The van der Waals surface area contributed by atoms with E-state index < -0.39 is 5.95 Å². The lowest BCUT2D eigenvalue weighted by molar-refractivity contribution is -0.119. The predicted octanol–water partition coefficient (Wildman–Crippen LogP) is 2.74. The van der Waals surface area contributed by atoms with Crippen molar-refractivity contribution in [3.05, 3.63) is 59.5 Å². The summed E-state index contributed by atoms with van der Waals surface area (Å²) in [7, 11) is 0. The van der Waals surface area contributed by atoms with Crippen LogP contribution in [0.5, 0.6) is 0 Å². The van der Waals surface area contributed by atoms with Gasteiger partial charge in [-0.2, -0.15) is 4.39 Å². The van der Waals surface area contributed by atoms with Crippen LogP contribution in [0.2, 0.25) is 0 Å². The zero-order valence-electron chi connectivity index (χ0n) is 15.3. The molecule has 3 rings (SSSR count). The molecule has 1 aliphatic rings. The van der Waals surface area contributed by atoms with Crippen LogP contribution in [-0.4, -0.2) is 42.0 Å². The van der Waals surface area contributed by atoms with Crippen molar-refractivity contribution in [1.82, 2.24) is 15.2 Å². The molecule has 0 saturated carbocycles. The number of benzene rings is 1. The first kappa shape index (κ1) is 18.3. The molecule has 1 atom stereocenters. The van der Waals surface area contributed by atoms with Crippen LogP contribution in [0.4, 0.5) is 10.2 Å². The van der Waals surface area contributed by atoms with Gasteiger partial charge in [-0.1, -0.05) is 30.3 Å². The minimum Gasteiger partial charge on any atom is -0.354 e. The van der Waals surface area contributed by atoms with Crippen LogP contribution < -0.4 is 10.2 Å². The summed E-state index contributed by atoms with van der Waals surface area (Å²) in [6, 6.07) is 13.3. The minimum atomic E-state index is -0.432. The summed E-state index contributed by atoms with van der Waals surface area (Å²) in [5.74, 6) is 0.256. The lowest BCUT2D eigenvalue weighted by atomic mass is 10.1. The van der Waals surface area contributed by atoms with Crippen LogP contribution in [0.25, 0.3) is 0 Å². The van der Waals surface area contributed by atoms with Gasteiger partial charge in [0.25, 0.3) is 0 Å². The van der Waals surface area contributed by atoms with E-state index in [1.165, 1.54) is 18.6 Å². The standard InChI is InChI=1S/C20H25FN4O/c1-15(22-16(2)26)18-8-6-17(7-9-18)14-24-10-12-25(13-11-24)20-5-3-4-19(21)23-20/h3-9,15H,10-14H2,1-2H3,(H,22,26)/t15-/m1/s1. The number of nitrogens with one attached hydrogen (secondary N) is 1. The third-order valence-electron chi connectivity index (χ3n) is 4.70. The normalized spacial score (nSPS) is 16.3. The van der Waals surface area contributed by atoms with Crippen molar-refractivity contribution in [2.24, 2.45) is 0 Å². The molecule has 0 unspecified atom stereocenters. The van der Waals surface area contributed by atoms with E-state index in [1.54, 1.807) is 6.07 Å². The first-order valence-electron chi connectivity index (χ1n) is 8.97. The summed E-state index contributed by atoms with van der Waals surface area (Å²) >= 11 is 0. The molecule has 5 nitrogen and oxygen atoms in total. The van der Waals surface area contributed by atoms with Gasteiger partial charge in [0, 0.05) is 39.6 Å². The number of pyridine rings is 1. The lowest BCUT2D eigenvalue weighted by Crippen LogP contribution is -2.46. The second-order valence-corrected chi connectivity index (χ2v) is 6.75. The smallest absolute Gasteiger partial charge is 0.217 e. The molecule has 0 radical (unpaired) electrons. The van der Waals surface area contributed by atoms with Crippen LogP contribution >= 0.6 is 0 Å². The molecule has 1 aliphatic heterocycles. The molecule has 1 fully saturated rings. The highest BCUT2D eigenvalue weighted by Gasteiger charge is 2.18. The SMILES string of the molecule is CC(=O)N[C@H](C)c1ccc(CN2CCN(c3cccc(F)n3)CC2)cc1. The van der Waals surface area contributed by atoms with E-state index in [0.717, 1.165) is 38.3 Å². The Bertz CT molecular complexity index is 742. The molecular weight excluding hydrogens is 331 g/mol. The number of hydrogen-bond acceptors (Lipinski definition) is 4. The van der Waals surface area contributed by atoms with Gasteiger partial charge in [-0.05, 0) is 30.2 Å². The van der Waals surface area contributed by atoms with Crippen molar-refractivity contribution in [1.29, 1.82) is 0 Å². The Labute approximate surface area is 153 Å². The Morgan fingerprint density at radius 3 is 2.46 bits per heavy atom. The van der Waals surface area contributed by atoms with E-state index >= 15 is 0 Å². The molecule has 2 aromatic rings. The van der Waals surface area contributed by atoms with Gasteiger partial charge in [0.15, 0.2) is 0 Å². The summed E-state index contributed by atoms with van der Waals surface area (Å²) in [5, 5.41) is 2.90. The highest BCUT2D eigenvalue weighted by atomic mass is 19.1. The second-order valence-electron chi connectivity index (χ2n) is 6.75. The third-order valence-corrected chi connectivity index (χ3v) is 4.70. The summed E-state index contributed by atoms with van der Waals surface area (Å²) in [6.45, 7) is 7.92. The molecule has 1 aromatic carbocycles. The maximum absolute atomic E-state index is 13.3. The Morgan fingerprint density at radius 2 is 1.85 bits per heavy atom. The van der Waals surface area contributed by atoms with E-state index in [9.17, 15) is 9.18 Å². The molecular formula is C20H25FN4O. The molecule has 0 bridgehead atoms. The summed E-state index contributed by atoms with van der Waals surface area (Å²) in [4.78, 5) is 19.6. The monoisotopic (exact) mass is 356 g/mol. The first-order chi connectivity index (χ1) is 12.5. The predicted molar refractivity (Wildman–Crippen MR) is 100 cm³/mol. The molecule has 1 saturated heterocycles. The zero-order valence-corrected chi connectivity index (χ0v) is 15.3. The number of carbonyl (C=O) groups is 1. The number of hydrogen-bond donors (Lipinski definition) is 1. The molecule has 26 heavy (non-hydrogen) atoms. The Hall–Kier alpha value is -2.47. The van der Waals surface area contributed by atoms with Crippen LogP contribution in [0, 0.1) is 5.95 Å². The fourth-order valence-corrected chi connectivity index (χ4v) is 3.27. The van der Waals surface area contributed by atoms with Crippen molar-refractivity contribution < 1.29 is 9.18 Å². The van der Waals surface area contributed by atoms with Crippen LogP contribution in [-0.2, 0) is 11.3 Å². The molecule has 2 heterocycles. The van der Waals surface area contributed by atoms with Gasteiger partial charge in [-0.15, -0.1) is 0 Å². The van der Waals surface area contributed by atoms with Gasteiger partial charge in [0.05, 0.1) is 6.04 Å². The van der Waals surface area contributed by atoms with Gasteiger partial charge >= 0.3 is 0 Å². The Balaban J connectivity index is 1.52. The molecule has 1 amide bonds. The Kier molecular flexibility index (Phi) is 5.83. The summed E-state index contributed by atoms with van der Waals surface area (Å²) < 4.78 is 13.3. The second kappa shape index (κ2) is 8.27. The van der Waals surface area contributed by atoms with Crippen LogP contribution in [0.1, 0.15) is 31.0 Å². The number of nitrogens with zero attached hydrogens (tertiary/aromatic N) is 3. The molecule has 1 N–H and O–H groups in total. The van der Waals surface area contributed by atoms with Crippen molar-refractivity contribution in [2.45, 2.75) is 26.4 Å². The van der Waals surface area contributed by atoms with Crippen LogP contribution in [0.15, 0.2) is 42.5 Å². The maximum atomic E-state index is 13.3. The number of rotatable bonds is 5. The molecule has 0 spiro atoms. The number of piperazine rings is 1. The van der Waals surface area contributed by atoms with Crippen LogP contribution in [0.3, 0.4) is 0 Å². The minimum absolute atomic E-state index is 0.0175. The molecule has 138 valence electrons. The number of anilines is 1. The number of carbonyl (C=O) groups excluding carboxylic acids is 1. The zero-order chi connectivity index (χ0) is 18.5. The first-order valence-corrected chi connectivity index (χ1v) is 8.97. The number of amides is 1. The quantitative estimate of drug-likeness (QED) is 0.837. The summed E-state index contributed by atoms with van der Waals surface area (Å²) in [5.41, 5.74) is 2.35. The van der Waals surface area contributed by atoms with Crippen molar-refractivity contribution in [2.75, 3.05) is 31.1 Å². The third kappa shape index (κ3) is 4.79. The van der Waals surface area contributed by atoms with Gasteiger partial charge in [0.2, 0.25) is 11.9 Å². The number of aromatic nitrogens is 1. The van der Waals surface area contributed by atoms with E-state index in [2.05, 4.69) is 44.4 Å². The van der Waals surface area contributed by atoms with Gasteiger partial charge in [0.1, 0.15) is 5.82 Å². The average Bonchev–Trinajstić information content (AvgIpc) is 2.62. The highest BCUT2D eigenvalue weighted by Crippen LogP contribution is 2.17. The van der Waals surface area contributed by atoms with E-state index in [0.29, 0.717) is 5.82 Å². The fourth-order valence-electron chi connectivity index (χ4n) is 3.27. The number of halogens is 1. The Morgan fingerprint density at radius 1 is 1.15 bits per heavy atom. The molecule has 6 heteroatoms. The molecule has 1 aromatic heterocycles. The van der Waals surface area contributed by atoms with Crippen molar-refractivity contribution in [3.8, 4) is 0 Å². The average molecular weight is 356 g/mol. The maximum Gasteiger partial charge on any atom is 0.217 e. The largest absolute Gasteiger partial charge is 0.354 e. The van der Waals surface area contributed by atoms with E-state index in [1.807, 2.05) is 13.0 Å². The van der Waals surface area contributed by atoms with Gasteiger partial charge < -0.3 is 10.2 Å². The fraction of sp³-hybridized carbons (Fsp3) is 0.400. The van der Waals surface area contributed by atoms with E-state index in [4.69, 9.17) is 0 Å². The van der Waals surface area contributed by atoms with Crippen molar-refractivity contribution in [3.63, 3.8) is 0 Å². The summed E-state index contributed by atoms with van der Waals surface area (Å²) in [6.07, 6.45) is 0. The van der Waals surface area contributed by atoms with E-state index in [-0.39, 0.29) is 11.9 Å². The lowest BCUT2D eigenvalue weighted by Gasteiger charge is -2.35. The van der Waals surface area contributed by atoms with Gasteiger partial charge in [-0.3, -0.25) is 9.69 Å².